The SMILES string of the molecule is CCCCOc1c(F)cc(Br)c2[nH]cc(CC(=O)O)c12. The molecule has 108 valence electrons. The molecule has 0 bridgehead atoms. The second-order valence-electron chi connectivity index (χ2n) is 4.51. The lowest BCUT2D eigenvalue weighted by Crippen LogP contribution is -2.02. The summed E-state index contributed by atoms with van der Waals surface area (Å²) in [6.07, 6.45) is 3.15. The molecule has 6 heteroatoms. The fraction of sp³-hybridized carbons (Fsp3) is 0.357. The van der Waals surface area contributed by atoms with E-state index >= 15 is 0 Å². The summed E-state index contributed by atoms with van der Waals surface area (Å²) >= 11 is 3.27. The molecule has 1 aromatic heterocycles. The number of unbranched alkanes of at least 4 members (excludes halogenated alkanes) is 1. The van der Waals surface area contributed by atoms with E-state index in [1.807, 2.05) is 6.92 Å². The van der Waals surface area contributed by atoms with Gasteiger partial charge < -0.3 is 14.8 Å². The second-order valence-corrected chi connectivity index (χ2v) is 5.36. The number of benzene rings is 1. The van der Waals surface area contributed by atoms with Crippen molar-refractivity contribution in [3.05, 3.63) is 28.1 Å². The Morgan fingerprint density at radius 1 is 1.55 bits per heavy atom. The van der Waals surface area contributed by atoms with Crippen molar-refractivity contribution in [1.82, 2.24) is 4.98 Å². The van der Waals surface area contributed by atoms with Crippen LogP contribution in [0.1, 0.15) is 25.3 Å². The molecule has 2 aromatic rings. The number of nitrogens with one attached hydrogen (secondary N) is 1. The van der Waals surface area contributed by atoms with E-state index in [1.165, 1.54) is 6.07 Å². The van der Waals surface area contributed by atoms with Gasteiger partial charge >= 0.3 is 5.97 Å². The first-order valence-electron chi connectivity index (χ1n) is 6.37. The van der Waals surface area contributed by atoms with Gasteiger partial charge in [0.1, 0.15) is 0 Å². The lowest BCUT2D eigenvalue weighted by Gasteiger charge is -2.10. The molecule has 0 saturated carbocycles. The molecule has 1 aromatic carbocycles. The first kappa shape index (κ1) is 14.8. The van der Waals surface area contributed by atoms with E-state index in [0.717, 1.165) is 12.8 Å². The number of carboxylic acids is 1. The summed E-state index contributed by atoms with van der Waals surface area (Å²) in [6, 6.07) is 1.32. The minimum atomic E-state index is -0.967. The van der Waals surface area contributed by atoms with E-state index in [-0.39, 0.29) is 12.2 Å². The molecule has 20 heavy (non-hydrogen) atoms. The lowest BCUT2D eigenvalue weighted by atomic mass is 10.1. The van der Waals surface area contributed by atoms with Gasteiger partial charge in [-0.1, -0.05) is 13.3 Å². The van der Waals surface area contributed by atoms with Gasteiger partial charge in [-0.2, -0.15) is 0 Å². The highest BCUT2D eigenvalue weighted by molar-refractivity contribution is 9.10. The quantitative estimate of drug-likeness (QED) is 0.782. The summed E-state index contributed by atoms with van der Waals surface area (Å²) in [5.41, 5.74) is 1.16. The van der Waals surface area contributed by atoms with Crippen LogP contribution in [0.3, 0.4) is 0 Å². The van der Waals surface area contributed by atoms with Gasteiger partial charge in [0.25, 0.3) is 0 Å². The van der Waals surface area contributed by atoms with Crippen molar-refractivity contribution >= 4 is 32.8 Å². The van der Waals surface area contributed by atoms with Gasteiger partial charge in [-0.05, 0) is 34.0 Å². The molecule has 0 aliphatic rings. The number of hydrogen-bond donors (Lipinski definition) is 2. The molecule has 0 atom stereocenters. The molecule has 0 saturated heterocycles. The van der Waals surface area contributed by atoms with Crippen LogP contribution in [0.4, 0.5) is 4.39 Å². The average Bonchev–Trinajstić information content (AvgIpc) is 2.77. The molecule has 4 nitrogen and oxygen atoms in total. The molecule has 0 fully saturated rings. The van der Waals surface area contributed by atoms with Gasteiger partial charge in [0, 0.05) is 16.1 Å². The highest BCUT2D eigenvalue weighted by atomic mass is 79.9. The minimum Gasteiger partial charge on any atom is -0.490 e. The zero-order valence-electron chi connectivity index (χ0n) is 11.0. The Hall–Kier alpha value is -1.56. The lowest BCUT2D eigenvalue weighted by molar-refractivity contribution is -0.136. The van der Waals surface area contributed by atoms with Crippen LogP contribution in [-0.4, -0.2) is 22.7 Å². The molecule has 2 N–H and O–H groups in total. The molecular formula is C14H15BrFNO3. The first-order valence-corrected chi connectivity index (χ1v) is 7.16. The molecule has 2 rings (SSSR count). The van der Waals surface area contributed by atoms with Crippen molar-refractivity contribution in [3.8, 4) is 5.75 Å². The molecule has 0 unspecified atom stereocenters. The van der Waals surface area contributed by atoms with Crippen LogP contribution < -0.4 is 4.74 Å². The summed E-state index contributed by atoms with van der Waals surface area (Å²) < 4.78 is 20.1. The number of aromatic nitrogens is 1. The van der Waals surface area contributed by atoms with E-state index in [0.29, 0.717) is 27.5 Å². The first-order chi connectivity index (χ1) is 9.54. The van der Waals surface area contributed by atoms with Crippen molar-refractivity contribution in [1.29, 1.82) is 0 Å². The standard InChI is InChI=1S/C14H15BrFNO3/c1-2-3-4-20-14-10(16)6-9(15)13-12(14)8(7-17-13)5-11(18)19/h6-7,17H,2-5H2,1H3,(H,18,19). The summed E-state index contributed by atoms with van der Waals surface area (Å²) in [7, 11) is 0. The summed E-state index contributed by atoms with van der Waals surface area (Å²) in [5.74, 6) is -1.34. The number of carbonyl (C=O) groups is 1. The fourth-order valence-electron chi connectivity index (χ4n) is 2.04. The van der Waals surface area contributed by atoms with Gasteiger partial charge in [0.2, 0.25) is 0 Å². The number of H-pyrrole nitrogens is 1. The Morgan fingerprint density at radius 2 is 2.30 bits per heavy atom. The monoisotopic (exact) mass is 343 g/mol. The fourth-order valence-corrected chi connectivity index (χ4v) is 2.56. The number of halogens is 2. The van der Waals surface area contributed by atoms with Crippen molar-refractivity contribution < 1.29 is 19.0 Å². The maximum atomic E-state index is 14.1. The highest BCUT2D eigenvalue weighted by Crippen LogP contribution is 2.36. The van der Waals surface area contributed by atoms with Crippen LogP contribution >= 0.6 is 15.9 Å². The van der Waals surface area contributed by atoms with Gasteiger partial charge in [0.15, 0.2) is 11.6 Å². The van der Waals surface area contributed by atoms with E-state index in [9.17, 15) is 9.18 Å². The molecule has 0 aliphatic carbocycles. The third kappa shape index (κ3) is 2.95. The largest absolute Gasteiger partial charge is 0.490 e. The Bertz CT molecular complexity index is 639. The van der Waals surface area contributed by atoms with Crippen LogP contribution in [-0.2, 0) is 11.2 Å². The summed E-state index contributed by atoms with van der Waals surface area (Å²) in [4.78, 5) is 13.9. The van der Waals surface area contributed by atoms with E-state index in [4.69, 9.17) is 9.84 Å². The van der Waals surface area contributed by atoms with Crippen molar-refractivity contribution in [2.24, 2.45) is 0 Å². The van der Waals surface area contributed by atoms with Gasteiger partial charge in [0.05, 0.1) is 18.5 Å². The van der Waals surface area contributed by atoms with Crippen LogP contribution in [0.5, 0.6) is 5.75 Å². The Balaban J connectivity index is 2.51. The van der Waals surface area contributed by atoms with Crippen molar-refractivity contribution in [3.63, 3.8) is 0 Å². The van der Waals surface area contributed by atoms with Gasteiger partial charge in [-0.25, -0.2) is 4.39 Å². The van der Waals surface area contributed by atoms with Crippen LogP contribution in [0.2, 0.25) is 0 Å². The Labute approximate surface area is 124 Å². The summed E-state index contributed by atoms with van der Waals surface area (Å²) in [6.45, 7) is 2.42. The third-order valence-corrected chi connectivity index (χ3v) is 3.61. The summed E-state index contributed by atoms with van der Waals surface area (Å²) in [5, 5.41) is 9.42. The van der Waals surface area contributed by atoms with E-state index in [2.05, 4.69) is 20.9 Å². The Morgan fingerprint density at radius 3 is 2.95 bits per heavy atom. The number of ether oxygens (including phenoxy) is 1. The smallest absolute Gasteiger partial charge is 0.307 e. The van der Waals surface area contributed by atoms with Crippen LogP contribution in [0, 0.1) is 5.82 Å². The zero-order valence-corrected chi connectivity index (χ0v) is 12.6. The third-order valence-electron chi connectivity index (χ3n) is 2.98. The predicted octanol–water partition coefficient (Wildman–Crippen LogP) is 3.88. The zero-order chi connectivity index (χ0) is 14.7. The van der Waals surface area contributed by atoms with Crippen molar-refractivity contribution in [2.45, 2.75) is 26.2 Å². The highest BCUT2D eigenvalue weighted by Gasteiger charge is 2.18. The average molecular weight is 344 g/mol. The normalized spacial score (nSPS) is 10.9. The van der Waals surface area contributed by atoms with E-state index in [1.54, 1.807) is 6.20 Å². The number of aromatic amines is 1. The number of carboxylic acid groups (broad SMARTS) is 1. The van der Waals surface area contributed by atoms with Crippen LogP contribution in [0.25, 0.3) is 10.9 Å². The number of hydrogen-bond acceptors (Lipinski definition) is 2. The van der Waals surface area contributed by atoms with Gasteiger partial charge in [-0.15, -0.1) is 0 Å². The number of aliphatic carboxylic acids is 1. The molecule has 1 heterocycles. The maximum absolute atomic E-state index is 14.1. The second kappa shape index (κ2) is 6.26. The number of rotatable bonds is 6. The number of fused-ring (bicyclic) bond motifs is 1. The molecule has 0 spiro atoms. The predicted molar refractivity (Wildman–Crippen MR) is 77.7 cm³/mol. The molecular weight excluding hydrogens is 329 g/mol. The van der Waals surface area contributed by atoms with Crippen LogP contribution in [0.15, 0.2) is 16.7 Å². The van der Waals surface area contributed by atoms with Crippen molar-refractivity contribution in [2.75, 3.05) is 6.61 Å². The molecule has 0 radical (unpaired) electrons. The molecule has 0 amide bonds. The topological polar surface area (TPSA) is 62.3 Å². The van der Waals surface area contributed by atoms with E-state index < -0.39 is 11.8 Å². The maximum Gasteiger partial charge on any atom is 0.307 e. The minimum absolute atomic E-state index is 0.120. The van der Waals surface area contributed by atoms with Gasteiger partial charge in [-0.3, -0.25) is 4.79 Å². The molecule has 0 aliphatic heterocycles. The Kier molecular flexibility index (Phi) is 4.65.